The molecule has 80 valence electrons. The smallest absolute Gasteiger partial charge is 0.312 e. The van der Waals surface area contributed by atoms with Crippen LogP contribution in [0, 0.1) is 0 Å². The number of carboxylic acid groups (broad SMARTS) is 1. The van der Waals surface area contributed by atoms with Crippen molar-refractivity contribution in [3.8, 4) is 0 Å². The number of carbonyl (C=O) groups is 2. The maximum absolute atomic E-state index is 11.0. The van der Waals surface area contributed by atoms with Crippen LogP contribution in [0.25, 0.3) is 0 Å². The number of carboxylic acids is 1. The molecule has 4 nitrogen and oxygen atoms in total. The maximum atomic E-state index is 11.0. The Morgan fingerprint density at radius 3 is 2.40 bits per heavy atom. The zero-order valence-corrected chi connectivity index (χ0v) is 8.43. The molecule has 0 aliphatic carbocycles. The van der Waals surface area contributed by atoms with Crippen molar-refractivity contribution in [1.29, 1.82) is 0 Å². The fourth-order valence-electron chi connectivity index (χ4n) is 1.28. The van der Waals surface area contributed by atoms with Gasteiger partial charge in [0, 0.05) is 13.5 Å². The second kappa shape index (κ2) is 5.14. The first-order valence-electron chi connectivity index (χ1n) is 4.63. The second-order valence-electron chi connectivity index (χ2n) is 3.24. The summed E-state index contributed by atoms with van der Waals surface area (Å²) in [6, 6.07) is 8.85. The summed E-state index contributed by atoms with van der Waals surface area (Å²) >= 11 is 0. The summed E-state index contributed by atoms with van der Waals surface area (Å²) < 4.78 is 0. The Kier molecular flexibility index (Phi) is 3.85. The number of nitrogens with one attached hydrogen (secondary N) is 1. The Bertz CT molecular complexity index is 348. The SMILES string of the molecule is CC(=O)NC[C@H](C(=O)O)c1ccccc1. The van der Waals surface area contributed by atoms with E-state index >= 15 is 0 Å². The second-order valence-corrected chi connectivity index (χ2v) is 3.24. The Morgan fingerprint density at radius 1 is 1.33 bits per heavy atom. The van der Waals surface area contributed by atoms with Crippen LogP contribution in [0.2, 0.25) is 0 Å². The average molecular weight is 207 g/mol. The van der Waals surface area contributed by atoms with Gasteiger partial charge in [-0.2, -0.15) is 0 Å². The van der Waals surface area contributed by atoms with Crippen LogP contribution in [-0.2, 0) is 9.59 Å². The lowest BCUT2D eigenvalue weighted by Crippen LogP contribution is -2.29. The number of benzene rings is 1. The molecule has 0 saturated carbocycles. The van der Waals surface area contributed by atoms with E-state index in [0.717, 1.165) is 0 Å². The molecular formula is C11H13NO3. The minimum Gasteiger partial charge on any atom is -0.481 e. The molecule has 0 saturated heterocycles. The number of hydrogen-bond donors (Lipinski definition) is 2. The van der Waals surface area contributed by atoms with Gasteiger partial charge in [0.15, 0.2) is 0 Å². The van der Waals surface area contributed by atoms with Gasteiger partial charge in [-0.3, -0.25) is 9.59 Å². The number of carbonyl (C=O) groups excluding carboxylic acids is 1. The van der Waals surface area contributed by atoms with E-state index in [2.05, 4.69) is 5.32 Å². The van der Waals surface area contributed by atoms with E-state index in [9.17, 15) is 9.59 Å². The van der Waals surface area contributed by atoms with Crippen LogP contribution >= 0.6 is 0 Å². The highest BCUT2D eigenvalue weighted by atomic mass is 16.4. The topological polar surface area (TPSA) is 66.4 Å². The molecule has 2 N–H and O–H groups in total. The Hall–Kier alpha value is -1.84. The molecular weight excluding hydrogens is 194 g/mol. The molecule has 15 heavy (non-hydrogen) atoms. The first-order chi connectivity index (χ1) is 7.11. The number of amides is 1. The third kappa shape index (κ3) is 3.42. The van der Waals surface area contributed by atoms with Crippen molar-refractivity contribution < 1.29 is 14.7 Å². The zero-order valence-electron chi connectivity index (χ0n) is 8.43. The molecule has 0 radical (unpaired) electrons. The normalized spacial score (nSPS) is 11.8. The van der Waals surface area contributed by atoms with E-state index in [0.29, 0.717) is 5.56 Å². The molecule has 0 aliphatic heterocycles. The van der Waals surface area contributed by atoms with Crippen LogP contribution in [-0.4, -0.2) is 23.5 Å². The summed E-state index contributed by atoms with van der Waals surface area (Å²) in [5.41, 5.74) is 0.693. The third-order valence-electron chi connectivity index (χ3n) is 2.06. The van der Waals surface area contributed by atoms with Gasteiger partial charge in [0.1, 0.15) is 0 Å². The van der Waals surface area contributed by atoms with Gasteiger partial charge in [-0.15, -0.1) is 0 Å². The molecule has 1 rings (SSSR count). The molecule has 1 atom stereocenters. The standard InChI is InChI=1S/C11H13NO3/c1-8(13)12-7-10(11(14)15)9-5-3-2-4-6-9/h2-6,10H,7H2,1H3,(H,12,13)(H,14,15)/t10-/m0/s1. The lowest BCUT2D eigenvalue weighted by atomic mass is 9.99. The summed E-state index contributed by atoms with van der Waals surface area (Å²) in [6.07, 6.45) is 0. The van der Waals surface area contributed by atoms with Crippen molar-refractivity contribution in [1.82, 2.24) is 5.32 Å². The fraction of sp³-hybridized carbons (Fsp3) is 0.273. The van der Waals surface area contributed by atoms with Crippen LogP contribution in [0.15, 0.2) is 30.3 Å². The summed E-state index contributed by atoms with van der Waals surface area (Å²) in [5, 5.41) is 11.5. The largest absolute Gasteiger partial charge is 0.481 e. The van der Waals surface area contributed by atoms with E-state index in [1.807, 2.05) is 6.07 Å². The number of rotatable bonds is 4. The molecule has 0 heterocycles. The van der Waals surface area contributed by atoms with Gasteiger partial charge in [-0.05, 0) is 5.56 Å². The summed E-state index contributed by atoms with van der Waals surface area (Å²) in [6.45, 7) is 1.48. The van der Waals surface area contributed by atoms with E-state index in [-0.39, 0.29) is 12.5 Å². The Morgan fingerprint density at radius 2 is 1.93 bits per heavy atom. The third-order valence-corrected chi connectivity index (χ3v) is 2.06. The van der Waals surface area contributed by atoms with Crippen LogP contribution in [0.1, 0.15) is 18.4 Å². The highest BCUT2D eigenvalue weighted by molar-refractivity contribution is 5.78. The van der Waals surface area contributed by atoms with Crippen molar-refractivity contribution in [2.45, 2.75) is 12.8 Å². The van der Waals surface area contributed by atoms with Crippen molar-refractivity contribution in [2.24, 2.45) is 0 Å². The predicted molar refractivity (Wildman–Crippen MR) is 55.5 cm³/mol. The molecule has 1 aromatic rings. The Balaban J connectivity index is 2.75. The van der Waals surface area contributed by atoms with Crippen LogP contribution in [0.4, 0.5) is 0 Å². The summed E-state index contributed by atoms with van der Waals surface area (Å²) in [4.78, 5) is 21.7. The van der Waals surface area contributed by atoms with E-state index in [4.69, 9.17) is 5.11 Å². The summed E-state index contributed by atoms with van der Waals surface area (Å²) in [7, 11) is 0. The molecule has 0 bridgehead atoms. The summed E-state index contributed by atoms with van der Waals surface area (Å²) in [5.74, 6) is -1.85. The van der Waals surface area contributed by atoms with E-state index in [1.54, 1.807) is 24.3 Å². The van der Waals surface area contributed by atoms with Gasteiger partial charge in [-0.1, -0.05) is 30.3 Å². The molecule has 0 unspecified atom stereocenters. The van der Waals surface area contributed by atoms with Crippen LogP contribution in [0.3, 0.4) is 0 Å². The van der Waals surface area contributed by atoms with Gasteiger partial charge in [0.2, 0.25) is 5.91 Å². The molecule has 1 aromatic carbocycles. The highest BCUT2D eigenvalue weighted by Crippen LogP contribution is 2.14. The van der Waals surface area contributed by atoms with Crippen molar-refractivity contribution >= 4 is 11.9 Å². The molecule has 0 aliphatic rings. The number of hydrogen-bond acceptors (Lipinski definition) is 2. The lowest BCUT2D eigenvalue weighted by molar-refractivity contribution is -0.138. The lowest BCUT2D eigenvalue weighted by Gasteiger charge is -2.12. The molecule has 0 aromatic heterocycles. The van der Waals surface area contributed by atoms with Crippen molar-refractivity contribution in [3.05, 3.63) is 35.9 Å². The fourth-order valence-corrected chi connectivity index (χ4v) is 1.28. The molecule has 1 amide bonds. The van der Waals surface area contributed by atoms with Crippen LogP contribution in [0.5, 0.6) is 0 Å². The maximum Gasteiger partial charge on any atom is 0.312 e. The Labute approximate surface area is 87.9 Å². The van der Waals surface area contributed by atoms with E-state index in [1.165, 1.54) is 6.92 Å². The first kappa shape index (κ1) is 11.2. The highest BCUT2D eigenvalue weighted by Gasteiger charge is 2.19. The predicted octanol–water partition coefficient (Wildman–Crippen LogP) is 0.991. The molecule has 0 spiro atoms. The first-order valence-corrected chi connectivity index (χ1v) is 4.63. The monoisotopic (exact) mass is 207 g/mol. The van der Waals surface area contributed by atoms with Crippen molar-refractivity contribution in [3.63, 3.8) is 0 Å². The minimum absolute atomic E-state index is 0.120. The van der Waals surface area contributed by atoms with Gasteiger partial charge in [0.25, 0.3) is 0 Å². The van der Waals surface area contributed by atoms with Crippen molar-refractivity contribution in [2.75, 3.05) is 6.54 Å². The average Bonchev–Trinajstić information content (AvgIpc) is 2.18. The quantitative estimate of drug-likeness (QED) is 0.773. The molecule has 0 fully saturated rings. The number of aliphatic carboxylic acids is 1. The molecule has 4 heteroatoms. The van der Waals surface area contributed by atoms with E-state index < -0.39 is 11.9 Å². The van der Waals surface area contributed by atoms with Gasteiger partial charge >= 0.3 is 5.97 Å². The van der Waals surface area contributed by atoms with Gasteiger partial charge < -0.3 is 10.4 Å². The zero-order chi connectivity index (χ0) is 11.3. The minimum atomic E-state index is -0.935. The van der Waals surface area contributed by atoms with Gasteiger partial charge in [-0.25, -0.2) is 0 Å². The van der Waals surface area contributed by atoms with Gasteiger partial charge in [0.05, 0.1) is 5.92 Å². The van der Waals surface area contributed by atoms with Crippen LogP contribution < -0.4 is 5.32 Å².